The molecule has 0 bridgehead atoms. The van der Waals surface area contributed by atoms with E-state index in [9.17, 15) is 23.2 Å². The highest BCUT2D eigenvalue weighted by molar-refractivity contribution is 6.00. The summed E-state index contributed by atoms with van der Waals surface area (Å²) in [5.74, 6) is -4.22. The minimum Gasteiger partial charge on any atom is -0.444 e. The van der Waals surface area contributed by atoms with Crippen molar-refractivity contribution >= 4 is 17.7 Å². The molecule has 39 heavy (non-hydrogen) atoms. The van der Waals surface area contributed by atoms with E-state index < -0.39 is 30.1 Å². The number of pyridine rings is 1. The number of ketones is 2. The van der Waals surface area contributed by atoms with Gasteiger partial charge in [0.1, 0.15) is 11.3 Å². The molecule has 6 nitrogen and oxygen atoms in total. The van der Waals surface area contributed by atoms with Crippen LogP contribution in [-0.4, -0.2) is 52.2 Å². The number of amides is 1. The number of piperidine rings is 1. The monoisotopic (exact) mass is 542 g/mol. The first-order valence-electron chi connectivity index (χ1n) is 13.8. The molecule has 0 radical (unpaired) electrons. The van der Waals surface area contributed by atoms with E-state index in [0.717, 1.165) is 10.5 Å². The molecule has 3 rings (SSSR count). The van der Waals surface area contributed by atoms with E-state index in [4.69, 9.17) is 4.74 Å². The largest absolute Gasteiger partial charge is 0.444 e. The highest BCUT2D eigenvalue weighted by Gasteiger charge is 2.46. The minimum atomic E-state index is -3.01. The summed E-state index contributed by atoms with van der Waals surface area (Å²) in [5.41, 5.74) is 1.65. The molecule has 1 aromatic carbocycles. The molecule has 0 unspecified atom stereocenters. The van der Waals surface area contributed by atoms with Gasteiger partial charge in [-0.1, -0.05) is 50.6 Å². The molecule has 1 aromatic heterocycles. The van der Waals surface area contributed by atoms with Crippen LogP contribution in [0.1, 0.15) is 111 Å². The van der Waals surface area contributed by atoms with Crippen molar-refractivity contribution in [2.24, 2.45) is 5.92 Å². The van der Waals surface area contributed by atoms with Crippen LogP contribution in [0.25, 0.3) is 0 Å². The highest BCUT2D eigenvalue weighted by atomic mass is 19.3. The summed E-state index contributed by atoms with van der Waals surface area (Å²) in [6, 6.07) is 13.1. The summed E-state index contributed by atoms with van der Waals surface area (Å²) in [7, 11) is 0. The van der Waals surface area contributed by atoms with Crippen LogP contribution in [0.2, 0.25) is 0 Å². The first kappa shape index (κ1) is 30.4. The molecule has 2 aromatic rings. The Morgan fingerprint density at radius 2 is 1.79 bits per heavy atom. The number of benzene rings is 1. The third-order valence-corrected chi connectivity index (χ3v) is 7.12. The van der Waals surface area contributed by atoms with Gasteiger partial charge in [0, 0.05) is 42.5 Å². The molecule has 0 spiro atoms. The normalized spacial score (nSPS) is 17.9. The van der Waals surface area contributed by atoms with Gasteiger partial charge in [-0.15, -0.1) is 0 Å². The van der Waals surface area contributed by atoms with Gasteiger partial charge in [0.25, 0.3) is 5.92 Å². The number of nitrogens with zero attached hydrogens (tertiary/aromatic N) is 2. The molecule has 2 heterocycles. The quantitative estimate of drug-likeness (QED) is 0.230. The molecule has 0 saturated carbocycles. The predicted molar refractivity (Wildman–Crippen MR) is 146 cm³/mol. The second kappa shape index (κ2) is 12.8. The predicted octanol–water partition coefficient (Wildman–Crippen LogP) is 7.46. The van der Waals surface area contributed by atoms with Gasteiger partial charge >= 0.3 is 6.09 Å². The lowest BCUT2D eigenvalue weighted by atomic mass is 9.87. The molecule has 1 amide bonds. The lowest BCUT2D eigenvalue weighted by Gasteiger charge is -2.38. The third kappa shape index (κ3) is 8.41. The van der Waals surface area contributed by atoms with Crippen LogP contribution >= 0.6 is 0 Å². The maximum Gasteiger partial charge on any atom is 0.410 e. The molecule has 1 aliphatic heterocycles. The number of aromatic nitrogens is 1. The van der Waals surface area contributed by atoms with Crippen LogP contribution in [0.15, 0.2) is 42.5 Å². The van der Waals surface area contributed by atoms with Gasteiger partial charge in [0.15, 0.2) is 11.6 Å². The summed E-state index contributed by atoms with van der Waals surface area (Å²) in [4.78, 5) is 43.4. The summed E-state index contributed by atoms with van der Waals surface area (Å²) in [6.45, 7) is 8.43. The maximum absolute atomic E-state index is 14.8. The van der Waals surface area contributed by atoms with Crippen molar-refractivity contribution in [3.05, 3.63) is 65.0 Å². The highest BCUT2D eigenvalue weighted by Crippen LogP contribution is 2.37. The third-order valence-electron chi connectivity index (χ3n) is 7.12. The molecule has 0 N–H and O–H groups in total. The number of ether oxygens (including phenoxy) is 1. The van der Waals surface area contributed by atoms with Gasteiger partial charge in [-0.05, 0) is 57.7 Å². The standard InChI is InChI=1S/C31H40F2N2O4/c1-6-27(36)26-19-23(18-25(34-26)21(2)22-12-8-7-9-13-22)28(37)15-11-10-14-24-16-17-35(20-31(24,32)33)29(38)39-30(3,4)5/h7-9,12-13,18-19,21,24H,6,10-11,14-17,20H2,1-5H3/t21-,24+/m0/s1. The zero-order valence-corrected chi connectivity index (χ0v) is 23.6. The average molecular weight is 543 g/mol. The fourth-order valence-corrected chi connectivity index (χ4v) is 4.82. The lowest BCUT2D eigenvalue weighted by Crippen LogP contribution is -2.51. The molecule has 2 atom stereocenters. The Morgan fingerprint density at radius 1 is 1.10 bits per heavy atom. The number of likely N-dealkylation sites (tertiary alicyclic amines) is 1. The van der Waals surface area contributed by atoms with Crippen LogP contribution in [0, 0.1) is 5.92 Å². The molecule has 1 saturated heterocycles. The van der Waals surface area contributed by atoms with Gasteiger partial charge in [-0.3, -0.25) is 9.59 Å². The number of unbranched alkanes of at least 4 members (excludes halogenated alkanes) is 1. The first-order valence-corrected chi connectivity index (χ1v) is 13.8. The fraction of sp³-hybridized carbons (Fsp3) is 0.548. The SMILES string of the molecule is CCC(=O)c1cc(C(=O)CCCC[C@@H]2CCN(C(=O)OC(C)(C)C)CC2(F)F)cc([C@@H](C)c2ccccc2)n1. The van der Waals surface area contributed by atoms with Crippen molar-refractivity contribution in [3.63, 3.8) is 0 Å². The van der Waals surface area contributed by atoms with Crippen molar-refractivity contribution in [2.45, 2.75) is 90.6 Å². The average Bonchev–Trinajstić information content (AvgIpc) is 2.89. The van der Waals surface area contributed by atoms with E-state index >= 15 is 0 Å². The molecule has 0 aliphatic carbocycles. The molecule has 8 heteroatoms. The van der Waals surface area contributed by atoms with Crippen LogP contribution < -0.4 is 0 Å². The van der Waals surface area contributed by atoms with Crippen LogP contribution in [0.3, 0.4) is 0 Å². The summed E-state index contributed by atoms with van der Waals surface area (Å²) < 4.78 is 34.9. The van der Waals surface area contributed by atoms with E-state index in [-0.39, 0.29) is 55.4 Å². The van der Waals surface area contributed by atoms with Gasteiger partial charge < -0.3 is 9.64 Å². The summed E-state index contributed by atoms with van der Waals surface area (Å²) in [5, 5.41) is 0. The van der Waals surface area contributed by atoms with Crippen LogP contribution in [0.4, 0.5) is 13.6 Å². The summed E-state index contributed by atoms with van der Waals surface area (Å²) >= 11 is 0. The molecular formula is C31H40F2N2O4. The van der Waals surface area contributed by atoms with E-state index in [0.29, 0.717) is 24.1 Å². The Morgan fingerprint density at radius 3 is 2.41 bits per heavy atom. The number of alkyl halides is 2. The Bertz CT molecular complexity index is 1160. The summed E-state index contributed by atoms with van der Waals surface area (Å²) in [6.07, 6.45) is 1.16. The van der Waals surface area contributed by atoms with Crippen LogP contribution in [-0.2, 0) is 4.74 Å². The van der Waals surface area contributed by atoms with Crippen molar-refractivity contribution in [3.8, 4) is 0 Å². The Kier molecular flexibility index (Phi) is 9.97. The maximum atomic E-state index is 14.8. The van der Waals surface area contributed by atoms with Crippen LogP contribution in [0.5, 0.6) is 0 Å². The van der Waals surface area contributed by atoms with E-state index in [2.05, 4.69) is 4.98 Å². The zero-order valence-electron chi connectivity index (χ0n) is 23.6. The number of halogens is 2. The van der Waals surface area contributed by atoms with E-state index in [1.165, 1.54) is 0 Å². The number of hydrogen-bond donors (Lipinski definition) is 0. The van der Waals surface area contributed by atoms with Crippen molar-refractivity contribution < 1.29 is 27.9 Å². The van der Waals surface area contributed by atoms with Crippen molar-refractivity contribution in [1.29, 1.82) is 0 Å². The van der Waals surface area contributed by atoms with E-state index in [1.807, 2.05) is 37.3 Å². The van der Waals surface area contributed by atoms with Crippen molar-refractivity contribution in [2.75, 3.05) is 13.1 Å². The van der Waals surface area contributed by atoms with Gasteiger partial charge in [0.05, 0.1) is 6.54 Å². The van der Waals surface area contributed by atoms with Gasteiger partial charge in [-0.2, -0.15) is 0 Å². The number of hydrogen-bond acceptors (Lipinski definition) is 5. The second-order valence-corrected chi connectivity index (χ2v) is 11.4. The second-order valence-electron chi connectivity index (χ2n) is 11.4. The molecule has 1 aliphatic rings. The zero-order chi connectivity index (χ0) is 28.8. The Balaban J connectivity index is 1.59. The Hall–Kier alpha value is -3.16. The van der Waals surface area contributed by atoms with Gasteiger partial charge in [-0.25, -0.2) is 18.6 Å². The lowest BCUT2D eigenvalue weighted by molar-refractivity contribution is -0.112. The molecular weight excluding hydrogens is 502 g/mol. The molecule has 212 valence electrons. The number of carbonyl (C=O) groups is 3. The smallest absolute Gasteiger partial charge is 0.410 e. The van der Waals surface area contributed by atoms with E-state index in [1.54, 1.807) is 39.8 Å². The number of rotatable bonds is 10. The topological polar surface area (TPSA) is 76.6 Å². The number of carbonyl (C=O) groups excluding carboxylic acids is 3. The molecule has 1 fully saturated rings. The number of Topliss-reactive ketones (excluding diaryl/α,β-unsaturated/α-hetero) is 2. The minimum absolute atomic E-state index is 0.101. The van der Waals surface area contributed by atoms with Gasteiger partial charge in [0.2, 0.25) is 0 Å². The van der Waals surface area contributed by atoms with Crippen molar-refractivity contribution in [1.82, 2.24) is 9.88 Å². The fourth-order valence-electron chi connectivity index (χ4n) is 4.82. The first-order chi connectivity index (χ1) is 18.3. The Labute approximate surface area is 230 Å².